The van der Waals surface area contributed by atoms with Gasteiger partial charge in [0.15, 0.2) is 0 Å². The highest BCUT2D eigenvalue weighted by Gasteiger charge is 2.23. The molecule has 116 valence electrons. The third-order valence-corrected chi connectivity index (χ3v) is 2.65. The molecule has 0 aromatic heterocycles. The quantitative estimate of drug-likeness (QED) is 0.933. The van der Waals surface area contributed by atoms with Crippen molar-refractivity contribution in [3.8, 4) is 0 Å². The maximum absolute atomic E-state index is 12.9. The van der Waals surface area contributed by atoms with Crippen LogP contribution in [0.2, 0.25) is 0 Å². The van der Waals surface area contributed by atoms with Crippen LogP contribution in [0.25, 0.3) is 0 Å². The molecule has 0 radical (unpaired) electrons. The first kappa shape index (κ1) is 16.9. The lowest BCUT2D eigenvalue weighted by atomic mass is 10.2. The zero-order valence-corrected chi connectivity index (χ0v) is 12.9. The molecule has 6 heteroatoms. The maximum atomic E-state index is 12.9. The topological polar surface area (TPSA) is 58.6 Å². The van der Waals surface area contributed by atoms with E-state index in [0.717, 1.165) is 0 Å². The third-order valence-electron chi connectivity index (χ3n) is 2.65. The van der Waals surface area contributed by atoms with E-state index < -0.39 is 17.7 Å². The predicted molar refractivity (Wildman–Crippen MR) is 78.6 cm³/mol. The molecule has 5 nitrogen and oxygen atoms in total. The van der Waals surface area contributed by atoms with Crippen molar-refractivity contribution in [1.29, 1.82) is 0 Å². The molecule has 1 rings (SSSR count). The van der Waals surface area contributed by atoms with Gasteiger partial charge in [0.1, 0.15) is 17.5 Å². The van der Waals surface area contributed by atoms with Crippen LogP contribution in [-0.2, 0) is 9.53 Å². The lowest BCUT2D eigenvalue weighted by Crippen LogP contribution is -2.47. The van der Waals surface area contributed by atoms with Crippen molar-refractivity contribution >= 4 is 17.7 Å². The summed E-state index contributed by atoms with van der Waals surface area (Å²) in [5, 5.41) is 2.47. The molecule has 1 aromatic rings. The summed E-state index contributed by atoms with van der Waals surface area (Å²) in [6.45, 7) is 6.78. The van der Waals surface area contributed by atoms with Gasteiger partial charge in [-0.05, 0) is 52.0 Å². The highest BCUT2D eigenvalue weighted by molar-refractivity contribution is 5.97. The molecule has 2 amide bonds. The van der Waals surface area contributed by atoms with Crippen LogP contribution in [0.5, 0.6) is 0 Å². The van der Waals surface area contributed by atoms with Gasteiger partial charge in [-0.1, -0.05) is 0 Å². The number of likely N-dealkylation sites (N-methyl/N-ethyl adjacent to an activating group) is 1. The van der Waals surface area contributed by atoms with Crippen molar-refractivity contribution in [2.45, 2.75) is 39.3 Å². The Kier molecular flexibility index (Phi) is 5.29. The number of hydrogen-bond donors (Lipinski definition) is 1. The molecule has 0 unspecified atom stereocenters. The number of carbonyl (C=O) groups is 2. The number of nitrogens with zero attached hydrogens (tertiary/aromatic N) is 1. The first-order valence-electron chi connectivity index (χ1n) is 6.63. The molecule has 1 aromatic carbocycles. The maximum Gasteiger partial charge on any atom is 0.408 e. The summed E-state index contributed by atoms with van der Waals surface area (Å²) in [6.07, 6.45) is -0.657. The number of ether oxygens (including phenoxy) is 1. The van der Waals surface area contributed by atoms with Crippen molar-refractivity contribution in [2.75, 3.05) is 11.9 Å². The Morgan fingerprint density at radius 2 is 1.76 bits per heavy atom. The van der Waals surface area contributed by atoms with E-state index in [-0.39, 0.29) is 11.7 Å². The number of carbonyl (C=O) groups excluding carboxylic acids is 2. The Labute approximate surface area is 124 Å². The summed E-state index contributed by atoms with van der Waals surface area (Å²) in [6, 6.07) is 4.77. The van der Waals surface area contributed by atoms with Gasteiger partial charge in [-0.25, -0.2) is 9.18 Å². The van der Waals surface area contributed by atoms with E-state index in [9.17, 15) is 14.0 Å². The third kappa shape index (κ3) is 5.41. The van der Waals surface area contributed by atoms with Crippen molar-refractivity contribution < 1.29 is 18.7 Å². The zero-order chi connectivity index (χ0) is 16.2. The van der Waals surface area contributed by atoms with Crippen LogP contribution in [0.4, 0.5) is 14.9 Å². The van der Waals surface area contributed by atoms with Gasteiger partial charge >= 0.3 is 6.09 Å². The summed E-state index contributed by atoms with van der Waals surface area (Å²) < 4.78 is 18.0. The number of rotatable bonds is 3. The number of amides is 2. The van der Waals surface area contributed by atoms with Gasteiger partial charge in [0.05, 0.1) is 0 Å². The molecule has 0 aliphatic rings. The first-order chi connectivity index (χ1) is 9.60. The second-order valence-corrected chi connectivity index (χ2v) is 5.74. The minimum atomic E-state index is -0.755. The van der Waals surface area contributed by atoms with Crippen LogP contribution in [0.15, 0.2) is 24.3 Å². The van der Waals surface area contributed by atoms with Crippen LogP contribution >= 0.6 is 0 Å². The van der Waals surface area contributed by atoms with E-state index in [0.29, 0.717) is 5.69 Å². The Balaban J connectivity index is 2.65. The lowest BCUT2D eigenvalue weighted by Gasteiger charge is -2.24. The van der Waals surface area contributed by atoms with Gasteiger partial charge in [0.25, 0.3) is 0 Å². The molecule has 0 spiro atoms. The number of nitrogens with one attached hydrogen (secondary N) is 1. The van der Waals surface area contributed by atoms with E-state index in [1.54, 1.807) is 34.7 Å². The first-order valence-corrected chi connectivity index (χ1v) is 6.63. The molecule has 1 N–H and O–H groups in total. The van der Waals surface area contributed by atoms with Crippen LogP contribution in [0, 0.1) is 5.82 Å². The van der Waals surface area contributed by atoms with Crippen molar-refractivity contribution in [3.63, 3.8) is 0 Å². The summed E-state index contributed by atoms with van der Waals surface area (Å²) >= 11 is 0. The fourth-order valence-corrected chi connectivity index (χ4v) is 1.63. The Hall–Kier alpha value is -2.11. The van der Waals surface area contributed by atoms with E-state index in [1.165, 1.54) is 29.2 Å². The number of anilines is 1. The molecule has 0 heterocycles. The van der Waals surface area contributed by atoms with Crippen LogP contribution in [0.3, 0.4) is 0 Å². The molecule has 1 atom stereocenters. The fraction of sp³-hybridized carbons (Fsp3) is 0.467. The molecule has 0 fully saturated rings. The van der Waals surface area contributed by atoms with Gasteiger partial charge in [-0.3, -0.25) is 4.79 Å². The van der Waals surface area contributed by atoms with Crippen LogP contribution in [-0.4, -0.2) is 30.7 Å². The van der Waals surface area contributed by atoms with Crippen molar-refractivity contribution in [3.05, 3.63) is 30.1 Å². The molecular formula is C15H21FN2O3. The van der Waals surface area contributed by atoms with Crippen molar-refractivity contribution in [2.24, 2.45) is 0 Å². The van der Waals surface area contributed by atoms with E-state index in [2.05, 4.69) is 5.32 Å². The number of halogens is 1. The van der Waals surface area contributed by atoms with E-state index >= 15 is 0 Å². The fourth-order valence-electron chi connectivity index (χ4n) is 1.63. The Morgan fingerprint density at radius 1 is 1.24 bits per heavy atom. The Morgan fingerprint density at radius 3 is 2.24 bits per heavy atom. The second kappa shape index (κ2) is 6.56. The summed E-state index contributed by atoms with van der Waals surface area (Å²) in [4.78, 5) is 25.2. The monoisotopic (exact) mass is 296 g/mol. The van der Waals surface area contributed by atoms with Gasteiger partial charge in [0.2, 0.25) is 5.91 Å². The van der Waals surface area contributed by atoms with Crippen LogP contribution < -0.4 is 10.2 Å². The number of benzene rings is 1. The largest absolute Gasteiger partial charge is 0.444 e. The van der Waals surface area contributed by atoms with Crippen LogP contribution in [0.1, 0.15) is 27.7 Å². The van der Waals surface area contributed by atoms with Crippen molar-refractivity contribution in [1.82, 2.24) is 5.32 Å². The summed E-state index contributed by atoms with van der Waals surface area (Å²) in [5.41, 5.74) is -0.0883. The Bertz CT molecular complexity index is 509. The molecule has 0 aliphatic heterocycles. The van der Waals surface area contributed by atoms with E-state index in [1.807, 2.05) is 0 Å². The summed E-state index contributed by atoms with van der Waals surface area (Å²) in [5.74, 6) is -0.702. The molecule has 0 saturated heterocycles. The predicted octanol–water partition coefficient (Wildman–Crippen LogP) is 2.70. The smallest absolute Gasteiger partial charge is 0.408 e. The molecule has 21 heavy (non-hydrogen) atoms. The minimum Gasteiger partial charge on any atom is -0.444 e. The standard InChI is InChI=1S/C15H21FN2O3/c1-10(17-14(20)21-15(2,3)4)13(19)18(5)12-8-6-11(16)7-9-12/h6-10H,1-5H3,(H,17,20)/t10-/m0/s1. The average Bonchev–Trinajstić information content (AvgIpc) is 2.35. The number of alkyl carbamates (subject to hydrolysis) is 1. The van der Waals surface area contributed by atoms with Gasteiger partial charge in [-0.15, -0.1) is 0 Å². The lowest BCUT2D eigenvalue weighted by molar-refractivity contribution is -0.120. The highest BCUT2D eigenvalue weighted by atomic mass is 19.1. The zero-order valence-electron chi connectivity index (χ0n) is 12.9. The normalized spacial score (nSPS) is 12.5. The summed E-state index contributed by atoms with van der Waals surface area (Å²) in [7, 11) is 1.56. The molecule has 0 aliphatic carbocycles. The molecular weight excluding hydrogens is 275 g/mol. The SMILES string of the molecule is C[C@H](NC(=O)OC(C)(C)C)C(=O)N(C)c1ccc(F)cc1. The minimum absolute atomic E-state index is 0.326. The van der Waals surface area contributed by atoms with E-state index in [4.69, 9.17) is 4.74 Å². The molecule has 0 bridgehead atoms. The number of hydrogen-bond acceptors (Lipinski definition) is 3. The van der Waals surface area contributed by atoms with Gasteiger partial charge in [-0.2, -0.15) is 0 Å². The highest BCUT2D eigenvalue weighted by Crippen LogP contribution is 2.14. The van der Waals surface area contributed by atoms with Gasteiger partial charge < -0.3 is 15.0 Å². The van der Waals surface area contributed by atoms with Gasteiger partial charge in [0, 0.05) is 12.7 Å². The second-order valence-electron chi connectivity index (χ2n) is 5.74. The average molecular weight is 296 g/mol. The molecule has 0 saturated carbocycles.